The predicted molar refractivity (Wildman–Crippen MR) is 94.1 cm³/mol. The van der Waals surface area contributed by atoms with E-state index < -0.39 is 0 Å². The minimum absolute atomic E-state index is 0.958. The molecule has 0 heteroatoms. The third kappa shape index (κ3) is 6.64. The molecule has 1 saturated carbocycles. The van der Waals surface area contributed by atoms with Crippen LogP contribution in [-0.4, -0.2) is 0 Å². The molecule has 0 saturated heterocycles. The highest BCUT2D eigenvalue weighted by atomic mass is 14.4. The van der Waals surface area contributed by atoms with E-state index in [0.29, 0.717) is 0 Å². The summed E-state index contributed by atoms with van der Waals surface area (Å²) in [5.41, 5.74) is 0. The maximum absolute atomic E-state index is 2.50. The molecule has 0 aliphatic heterocycles. The Kier molecular flexibility index (Phi) is 11.6. The van der Waals surface area contributed by atoms with Crippen molar-refractivity contribution in [3.63, 3.8) is 0 Å². The largest absolute Gasteiger partial charge is 0.0683 e. The molecule has 0 spiro atoms. The van der Waals surface area contributed by atoms with E-state index in [1.54, 1.807) is 0 Å². The summed E-state index contributed by atoms with van der Waals surface area (Å²) in [6, 6.07) is 0. The van der Waals surface area contributed by atoms with Gasteiger partial charge in [-0.3, -0.25) is 0 Å². The van der Waals surface area contributed by atoms with Crippen molar-refractivity contribution in [2.24, 2.45) is 29.6 Å². The fraction of sp³-hybridized carbons (Fsp3) is 1.00. The summed E-state index contributed by atoms with van der Waals surface area (Å²) in [6.07, 6.45) is 11.6. The van der Waals surface area contributed by atoms with Crippen molar-refractivity contribution < 1.29 is 0 Å². The van der Waals surface area contributed by atoms with E-state index in [0.717, 1.165) is 29.6 Å². The molecule has 5 unspecified atom stereocenters. The van der Waals surface area contributed by atoms with Crippen LogP contribution < -0.4 is 0 Å². The molecule has 0 aromatic rings. The zero-order valence-corrected chi connectivity index (χ0v) is 15.5. The van der Waals surface area contributed by atoms with Gasteiger partial charge in [0.25, 0.3) is 0 Å². The van der Waals surface area contributed by atoms with E-state index >= 15 is 0 Å². The summed E-state index contributed by atoms with van der Waals surface area (Å²) >= 11 is 0. The molecule has 1 rings (SSSR count). The zero-order chi connectivity index (χ0) is 15.5. The van der Waals surface area contributed by atoms with Gasteiger partial charge in [-0.25, -0.2) is 0 Å². The zero-order valence-electron chi connectivity index (χ0n) is 15.5. The van der Waals surface area contributed by atoms with E-state index in [1.165, 1.54) is 51.4 Å². The van der Waals surface area contributed by atoms with Crippen LogP contribution in [0.1, 0.15) is 99.8 Å². The lowest BCUT2D eigenvalue weighted by atomic mass is 9.66. The third-order valence-electron chi connectivity index (χ3n) is 5.42. The van der Waals surface area contributed by atoms with Gasteiger partial charge in [-0.05, 0) is 48.9 Å². The fourth-order valence-corrected chi connectivity index (χ4v) is 4.40. The monoisotopic (exact) mass is 282 g/mol. The van der Waals surface area contributed by atoms with Crippen LogP contribution in [0.3, 0.4) is 0 Å². The lowest BCUT2D eigenvalue weighted by Gasteiger charge is -2.40. The van der Waals surface area contributed by atoms with Crippen LogP contribution in [0.15, 0.2) is 0 Å². The molecule has 5 atom stereocenters. The summed E-state index contributed by atoms with van der Waals surface area (Å²) in [5, 5.41) is 0. The molecule has 0 heterocycles. The molecular formula is C20H42. The molecule has 1 aliphatic rings. The van der Waals surface area contributed by atoms with E-state index in [2.05, 4.69) is 34.6 Å². The van der Waals surface area contributed by atoms with Gasteiger partial charge in [-0.15, -0.1) is 0 Å². The average molecular weight is 283 g/mol. The first-order valence-corrected chi connectivity index (χ1v) is 9.62. The molecule has 0 N–H and O–H groups in total. The summed E-state index contributed by atoms with van der Waals surface area (Å²) in [4.78, 5) is 0. The molecule has 0 aromatic heterocycles. The minimum Gasteiger partial charge on any atom is -0.0683 e. The molecule has 0 amide bonds. The second-order valence-electron chi connectivity index (χ2n) is 7.06. The Morgan fingerprint density at radius 3 is 1.90 bits per heavy atom. The molecule has 0 radical (unpaired) electrons. The topological polar surface area (TPSA) is 0 Å². The molecule has 1 fully saturated rings. The highest BCUT2D eigenvalue weighted by Gasteiger charge is 2.32. The molecule has 0 bridgehead atoms. The summed E-state index contributed by atoms with van der Waals surface area (Å²) in [5.74, 6) is 4.99. The Labute approximate surface area is 130 Å². The summed E-state index contributed by atoms with van der Waals surface area (Å²) in [6.45, 7) is 16.1. The molecule has 122 valence electrons. The van der Waals surface area contributed by atoms with Crippen LogP contribution in [0.25, 0.3) is 0 Å². The van der Waals surface area contributed by atoms with Crippen LogP contribution in [-0.2, 0) is 0 Å². The van der Waals surface area contributed by atoms with Gasteiger partial charge in [0.15, 0.2) is 0 Å². The van der Waals surface area contributed by atoms with Crippen molar-refractivity contribution in [2.75, 3.05) is 0 Å². The van der Waals surface area contributed by atoms with Gasteiger partial charge in [-0.1, -0.05) is 80.6 Å². The van der Waals surface area contributed by atoms with Crippen molar-refractivity contribution in [1.29, 1.82) is 0 Å². The number of rotatable bonds is 7. The Morgan fingerprint density at radius 2 is 1.40 bits per heavy atom. The van der Waals surface area contributed by atoms with Crippen molar-refractivity contribution in [3.05, 3.63) is 0 Å². The Hall–Kier alpha value is 0. The average Bonchev–Trinajstić information content (AvgIpc) is 2.46. The second-order valence-corrected chi connectivity index (χ2v) is 7.06. The highest BCUT2D eigenvalue weighted by molar-refractivity contribution is 4.83. The van der Waals surface area contributed by atoms with Gasteiger partial charge in [0.1, 0.15) is 0 Å². The first-order chi connectivity index (χ1) is 9.62. The third-order valence-corrected chi connectivity index (χ3v) is 5.42. The van der Waals surface area contributed by atoms with Gasteiger partial charge in [0.2, 0.25) is 0 Å². The smallest absolute Gasteiger partial charge is 0.0381 e. The quantitative estimate of drug-likeness (QED) is 0.458. The van der Waals surface area contributed by atoms with Crippen LogP contribution in [0.5, 0.6) is 0 Å². The Morgan fingerprint density at radius 1 is 0.850 bits per heavy atom. The first kappa shape index (κ1) is 20.0. The Balaban J connectivity index is 0.00000172. The van der Waals surface area contributed by atoms with Crippen LogP contribution in [0.4, 0.5) is 0 Å². The lowest BCUT2D eigenvalue weighted by molar-refractivity contribution is 0.108. The van der Waals surface area contributed by atoms with E-state index in [1.807, 2.05) is 13.8 Å². The normalized spacial score (nSPS) is 29.2. The molecule has 1 aliphatic carbocycles. The second kappa shape index (κ2) is 11.6. The number of hydrogen-bond acceptors (Lipinski definition) is 0. The van der Waals surface area contributed by atoms with E-state index in [9.17, 15) is 0 Å². The van der Waals surface area contributed by atoms with Crippen molar-refractivity contribution in [1.82, 2.24) is 0 Å². The van der Waals surface area contributed by atoms with E-state index in [-0.39, 0.29) is 0 Å². The molecular weight excluding hydrogens is 240 g/mol. The molecule has 20 heavy (non-hydrogen) atoms. The Bertz CT molecular complexity index is 208. The van der Waals surface area contributed by atoms with Gasteiger partial charge in [0, 0.05) is 0 Å². The van der Waals surface area contributed by atoms with Gasteiger partial charge < -0.3 is 0 Å². The number of hydrogen-bond donors (Lipinski definition) is 0. The van der Waals surface area contributed by atoms with Gasteiger partial charge in [0.05, 0.1) is 0 Å². The van der Waals surface area contributed by atoms with Crippen molar-refractivity contribution in [3.8, 4) is 0 Å². The van der Waals surface area contributed by atoms with Crippen molar-refractivity contribution >= 4 is 0 Å². The molecule has 0 aromatic carbocycles. The fourth-order valence-electron chi connectivity index (χ4n) is 4.40. The standard InChI is InChI=1S/C18H36.C2H6/c1-6-9-15(5)17-11-14(4)12-18(13-17)16(8-3)10-7-2;1-2/h14-18H,6-13H2,1-5H3;1-2H3. The SMILES string of the molecule is CC.CCCC(C)C1CC(C)CC(C(CC)CCC)C1. The maximum atomic E-state index is 2.50. The maximum Gasteiger partial charge on any atom is -0.0381 e. The van der Waals surface area contributed by atoms with Gasteiger partial charge >= 0.3 is 0 Å². The highest BCUT2D eigenvalue weighted by Crippen LogP contribution is 2.43. The summed E-state index contributed by atoms with van der Waals surface area (Å²) < 4.78 is 0. The first-order valence-electron chi connectivity index (χ1n) is 9.62. The minimum atomic E-state index is 0.958. The van der Waals surface area contributed by atoms with E-state index in [4.69, 9.17) is 0 Å². The lowest BCUT2D eigenvalue weighted by Crippen LogP contribution is -2.29. The van der Waals surface area contributed by atoms with Gasteiger partial charge in [-0.2, -0.15) is 0 Å². The van der Waals surface area contributed by atoms with Crippen LogP contribution >= 0.6 is 0 Å². The van der Waals surface area contributed by atoms with Crippen molar-refractivity contribution in [2.45, 2.75) is 99.8 Å². The van der Waals surface area contributed by atoms with Crippen LogP contribution in [0.2, 0.25) is 0 Å². The van der Waals surface area contributed by atoms with Crippen LogP contribution in [0, 0.1) is 29.6 Å². The molecule has 0 nitrogen and oxygen atoms in total. The summed E-state index contributed by atoms with van der Waals surface area (Å²) in [7, 11) is 0. The predicted octanol–water partition coefficient (Wildman–Crippen LogP) is 7.33.